The van der Waals surface area contributed by atoms with Gasteiger partial charge in [-0.05, 0) is 18.6 Å². The van der Waals surface area contributed by atoms with Crippen LogP contribution < -0.4 is 0 Å². The van der Waals surface area contributed by atoms with E-state index < -0.39 is 33.6 Å². The molecule has 29 heavy (non-hydrogen) atoms. The van der Waals surface area contributed by atoms with E-state index in [2.05, 4.69) is 24.2 Å². The van der Waals surface area contributed by atoms with Crippen molar-refractivity contribution in [2.75, 3.05) is 14.2 Å². The Bertz CT molecular complexity index is 913. The van der Waals surface area contributed by atoms with E-state index in [1.165, 1.54) is 12.1 Å². The highest BCUT2D eigenvalue weighted by Crippen LogP contribution is 2.36. The summed E-state index contributed by atoms with van der Waals surface area (Å²) in [6.45, 7) is 5.46. The van der Waals surface area contributed by atoms with Crippen molar-refractivity contribution in [3.8, 4) is 11.8 Å². The van der Waals surface area contributed by atoms with E-state index in [4.69, 9.17) is 9.47 Å². The zero-order chi connectivity index (χ0) is 21.9. The fourth-order valence-corrected chi connectivity index (χ4v) is 4.09. The standard InChI is InChI=1S/C22H26O6S/c1-5-7-8-9-13-16-22(20(23)27-3,21(24)28-4)17-18(6-2)29(25,26)19-14-11-10-12-15-19/h10-12,14-15H,2,5,7-8,16-17H2,1,3-4H3. The second kappa shape index (κ2) is 11.3. The molecule has 0 spiro atoms. The van der Waals surface area contributed by atoms with Gasteiger partial charge in [0.1, 0.15) is 0 Å². The van der Waals surface area contributed by atoms with Crippen LogP contribution in [0.2, 0.25) is 0 Å². The Hall–Kier alpha value is -2.81. The number of carbonyl (C=O) groups excluding carboxylic acids is 2. The second-order valence-electron chi connectivity index (χ2n) is 6.29. The Balaban J connectivity index is 3.43. The van der Waals surface area contributed by atoms with Gasteiger partial charge in [-0.2, -0.15) is 0 Å². The van der Waals surface area contributed by atoms with Crippen molar-refractivity contribution in [2.24, 2.45) is 5.41 Å². The molecule has 1 aromatic carbocycles. The van der Waals surface area contributed by atoms with Gasteiger partial charge in [0.15, 0.2) is 5.41 Å². The lowest BCUT2D eigenvalue weighted by Crippen LogP contribution is -2.42. The highest BCUT2D eigenvalue weighted by molar-refractivity contribution is 7.95. The SMILES string of the molecule is C=C=C(CC(CC#CCCCC)(C(=O)OC)C(=O)OC)S(=O)(=O)c1ccccc1. The van der Waals surface area contributed by atoms with Gasteiger partial charge in [0.25, 0.3) is 0 Å². The maximum absolute atomic E-state index is 13.0. The molecule has 0 aromatic heterocycles. The van der Waals surface area contributed by atoms with E-state index in [1.807, 2.05) is 6.92 Å². The van der Waals surface area contributed by atoms with Crippen molar-refractivity contribution >= 4 is 21.8 Å². The molecule has 0 aliphatic carbocycles. The molecule has 156 valence electrons. The molecule has 0 atom stereocenters. The van der Waals surface area contributed by atoms with Crippen LogP contribution in [-0.4, -0.2) is 34.6 Å². The molecule has 0 amide bonds. The number of hydrogen-bond acceptors (Lipinski definition) is 6. The summed E-state index contributed by atoms with van der Waals surface area (Å²) in [5, 5.41) is 0. The van der Waals surface area contributed by atoms with Crippen molar-refractivity contribution < 1.29 is 27.5 Å². The number of unbranched alkanes of at least 4 members (excludes halogenated alkanes) is 2. The number of carbonyl (C=O) groups is 2. The summed E-state index contributed by atoms with van der Waals surface area (Å²) in [5.74, 6) is 3.85. The van der Waals surface area contributed by atoms with Crippen LogP contribution in [0, 0.1) is 17.3 Å². The van der Waals surface area contributed by atoms with E-state index in [-0.39, 0.29) is 16.2 Å². The van der Waals surface area contributed by atoms with Gasteiger partial charge in [-0.25, -0.2) is 8.42 Å². The Morgan fingerprint density at radius 3 is 2.14 bits per heavy atom. The van der Waals surface area contributed by atoms with Crippen LogP contribution in [0.5, 0.6) is 0 Å². The van der Waals surface area contributed by atoms with Crippen molar-refractivity contribution in [1.82, 2.24) is 0 Å². The maximum atomic E-state index is 13.0. The highest BCUT2D eigenvalue weighted by atomic mass is 32.2. The first-order valence-corrected chi connectivity index (χ1v) is 10.6. The number of rotatable bonds is 9. The third kappa shape index (κ3) is 5.83. The van der Waals surface area contributed by atoms with Gasteiger partial charge in [0, 0.05) is 19.3 Å². The second-order valence-corrected chi connectivity index (χ2v) is 8.26. The average molecular weight is 419 g/mol. The summed E-state index contributed by atoms with van der Waals surface area (Å²) < 4.78 is 35.6. The van der Waals surface area contributed by atoms with Crippen LogP contribution in [0.4, 0.5) is 0 Å². The average Bonchev–Trinajstić information content (AvgIpc) is 2.75. The van der Waals surface area contributed by atoms with Gasteiger partial charge >= 0.3 is 11.9 Å². The molecule has 7 heteroatoms. The maximum Gasteiger partial charge on any atom is 0.324 e. The molecule has 0 radical (unpaired) electrons. The number of allylic oxidation sites excluding steroid dienone is 1. The Kier molecular flexibility index (Phi) is 9.40. The predicted molar refractivity (Wildman–Crippen MR) is 109 cm³/mol. The van der Waals surface area contributed by atoms with Gasteiger partial charge in [-0.15, -0.1) is 17.6 Å². The first kappa shape index (κ1) is 24.2. The summed E-state index contributed by atoms with van der Waals surface area (Å²) in [6, 6.07) is 7.64. The quantitative estimate of drug-likeness (QED) is 0.201. The molecule has 1 rings (SSSR count). The van der Waals surface area contributed by atoms with Crippen molar-refractivity contribution in [3.63, 3.8) is 0 Å². The zero-order valence-electron chi connectivity index (χ0n) is 17.0. The number of sulfone groups is 1. The summed E-state index contributed by atoms with van der Waals surface area (Å²) in [6.07, 6.45) is 1.66. The fourth-order valence-electron chi connectivity index (χ4n) is 2.66. The first-order valence-electron chi connectivity index (χ1n) is 9.11. The minimum absolute atomic E-state index is 0.00353. The van der Waals surface area contributed by atoms with E-state index in [9.17, 15) is 18.0 Å². The van der Waals surface area contributed by atoms with E-state index in [0.29, 0.717) is 6.42 Å². The first-order chi connectivity index (χ1) is 13.8. The summed E-state index contributed by atoms with van der Waals surface area (Å²) in [7, 11) is -1.79. The third-order valence-electron chi connectivity index (χ3n) is 4.36. The molecule has 0 bridgehead atoms. The van der Waals surface area contributed by atoms with E-state index >= 15 is 0 Å². The van der Waals surface area contributed by atoms with Crippen molar-refractivity contribution in [3.05, 3.63) is 47.5 Å². The lowest BCUT2D eigenvalue weighted by Gasteiger charge is -2.26. The fraction of sp³-hybridized carbons (Fsp3) is 0.409. The molecule has 0 unspecified atom stereocenters. The van der Waals surface area contributed by atoms with Crippen LogP contribution >= 0.6 is 0 Å². The molecule has 1 aromatic rings. The molecule has 0 saturated heterocycles. The number of hydrogen-bond donors (Lipinski definition) is 0. The molecule has 6 nitrogen and oxygen atoms in total. The topological polar surface area (TPSA) is 86.7 Å². The van der Waals surface area contributed by atoms with Gasteiger partial charge in [0.2, 0.25) is 9.84 Å². The van der Waals surface area contributed by atoms with Crippen LogP contribution in [0.15, 0.2) is 52.4 Å². The van der Waals surface area contributed by atoms with Crippen LogP contribution in [0.25, 0.3) is 0 Å². The number of methoxy groups -OCH3 is 2. The molecule has 0 N–H and O–H groups in total. The molecule has 0 aliphatic rings. The van der Waals surface area contributed by atoms with Gasteiger partial charge in [0.05, 0.1) is 24.0 Å². The van der Waals surface area contributed by atoms with Gasteiger partial charge in [-0.3, -0.25) is 9.59 Å². The summed E-state index contributed by atoms with van der Waals surface area (Å²) >= 11 is 0. The van der Waals surface area contributed by atoms with Crippen molar-refractivity contribution in [2.45, 2.75) is 43.9 Å². The number of esters is 2. The normalized spacial score (nSPS) is 10.9. The van der Waals surface area contributed by atoms with Gasteiger partial charge in [-0.1, -0.05) is 38.1 Å². The van der Waals surface area contributed by atoms with Crippen LogP contribution in [-0.2, 0) is 28.9 Å². The predicted octanol–water partition coefficient (Wildman–Crippen LogP) is 3.44. The van der Waals surface area contributed by atoms with Crippen LogP contribution in [0.3, 0.4) is 0 Å². The third-order valence-corrected chi connectivity index (χ3v) is 6.19. The monoisotopic (exact) mass is 418 g/mol. The van der Waals surface area contributed by atoms with Crippen molar-refractivity contribution in [1.29, 1.82) is 0 Å². The van der Waals surface area contributed by atoms with Crippen LogP contribution in [0.1, 0.15) is 39.0 Å². The Morgan fingerprint density at radius 1 is 1.07 bits per heavy atom. The molecule has 0 heterocycles. The smallest absolute Gasteiger partial charge is 0.324 e. The van der Waals surface area contributed by atoms with E-state index in [0.717, 1.165) is 27.1 Å². The minimum Gasteiger partial charge on any atom is -0.468 e. The molecule has 0 saturated carbocycles. The Labute approximate surface area is 172 Å². The van der Waals surface area contributed by atoms with Gasteiger partial charge < -0.3 is 9.47 Å². The number of ether oxygens (including phenoxy) is 2. The summed E-state index contributed by atoms with van der Waals surface area (Å²) in [4.78, 5) is 24.9. The molecular formula is C22H26O6S. The molecular weight excluding hydrogens is 392 g/mol. The number of benzene rings is 1. The molecule has 0 fully saturated rings. The zero-order valence-corrected chi connectivity index (χ0v) is 17.8. The Morgan fingerprint density at radius 2 is 1.66 bits per heavy atom. The largest absolute Gasteiger partial charge is 0.468 e. The highest BCUT2D eigenvalue weighted by Gasteiger charge is 2.50. The lowest BCUT2D eigenvalue weighted by atomic mass is 9.81. The molecule has 0 aliphatic heterocycles. The van der Waals surface area contributed by atoms with E-state index in [1.54, 1.807) is 18.2 Å². The minimum atomic E-state index is -4.03. The lowest BCUT2D eigenvalue weighted by molar-refractivity contribution is -0.168. The summed E-state index contributed by atoms with van der Waals surface area (Å²) in [5.41, 5.74) is 0.440.